The molecule has 0 bridgehead atoms. The van der Waals surface area contributed by atoms with Gasteiger partial charge in [0.15, 0.2) is 13.1 Å². The minimum Gasteiger partial charge on any atom is -0.355 e. The van der Waals surface area contributed by atoms with Crippen molar-refractivity contribution < 1.29 is 24.1 Å². The Labute approximate surface area is 181 Å². The molecule has 0 aliphatic heterocycles. The van der Waals surface area contributed by atoms with E-state index in [1.165, 1.54) is 6.92 Å². The van der Waals surface area contributed by atoms with Gasteiger partial charge in [-0.3, -0.25) is 19.2 Å². The Morgan fingerprint density at radius 3 is 1.55 bits per heavy atom. The number of hydrogen-bond donors (Lipinski definition) is 5. The average Bonchev–Trinajstić information content (AvgIpc) is 2.74. The summed E-state index contributed by atoms with van der Waals surface area (Å²) < 4.78 is 0. The second-order valence-corrected chi connectivity index (χ2v) is 6.97. The zero-order valence-electron chi connectivity index (χ0n) is 17.9. The molecule has 9 nitrogen and oxygen atoms in total. The van der Waals surface area contributed by atoms with Crippen LogP contribution >= 0.6 is 0 Å². The Morgan fingerprint density at radius 1 is 0.742 bits per heavy atom. The standard InChI is InChI=1S/C22H27N5O4/c1-4-27(13-20(29)25-18-7-5-16(6-8-18)22(31)23-3)14-21(30)26-19-11-9-17(10-12-19)24-15(2)28/h5-12H,4,13-14H2,1-3H3,(H,23,31)(H,24,28)(H,25,29)(H,26,30)/p+1. The van der Waals surface area contributed by atoms with E-state index in [1.807, 2.05) is 6.92 Å². The van der Waals surface area contributed by atoms with Crippen molar-refractivity contribution in [3.8, 4) is 0 Å². The number of benzene rings is 2. The largest absolute Gasteiger partial charge is 0.355 e. The van der Waals surface area contributed by atoms with Crippen molar-refractivity contribution in [1.82, 2.24) is 5.32 Å². The summed E-state index contributed by atoms with van der Waals surface area (Å²) in [5.41, 5.74) is 2.33. The van der Waals surface area contributed by atoms with Crippen LogP contribution in [0.15, 0.2) is 48.5 Å². The highest BCUT2D eigenvalue weighted by Gasteiger charge is 2.17. The van der Waals surface area contributed by atoms with Gasteiger partial charge in [-0.05, 0) is 55.5 Å². The van der Waals surface area contributed by atoms with Gasteiger partial charge in [-0.2, -0.15) is 0 Å². The molecule has 2 aromatic carbocycles. The molecule has 2 aromatic rings. The minimum atomic E-state index is -0.225. The fourth-order valence-corrected chi connectivity index (χ4v) is 2.87. The Bertz CT molecular complexity index is 926. The number of anilines is 3. The van der Waals surface area contributed by atoms with Crippen LogP contribution in [0, 0.1) is 0 Å². The molecular weight excluding hydrogens is 398 g/mol. The van der Waals surface area contributed by atoms with Crippen LogP contribution in [0.2, 0.25) is 0 Å². The van der Waals surface area contributed by atoms with Crippen LogP contribution in [0.5, 0.6) is 0 Å². The number of amides is 4. The molecule has 31 heavy (non-hydrogen) atoms. The van der Waals surface area contributed by atoms with Crippen molar-refractivity contribution >= 4 is 40.7 Å². The van der Waals surface area contributed by atoms with E-state index in [4.69, 9.17) is 0 Å². The lowest BCUT2D eigenvalue weighted by atomic mass is 10.2. The van der Waals surface area contributed by atoms with Crippen LogP contribution in [0.3, 0.4) is 0 Å². The summed E-state index contributed by atoms with van der Waals surface area (Å²) in [5.74, 6) is -0.807. The lowest BCUT2D eigenvalue weighted by Crippen LogP contribution is -3.13. The van der Waals surface area contributed by atoms with Gasteiger partial charge in [0.25, 0.3) is 17.7 Å². The van der Waals surface area contributed by atoms with Crippen LogP contribution in [-0.4, -0.2) is 50.3 Å². The van der Waals surface area contributed by atoms with Crippen LogP contribution < -0.4 is 26.2 Å². The highest BCUT2D eigenvalue weighted by molar-refractivity contribution is 5.96. The molecule has 0 fully saturated rings. The third kappa shape index (κ3) is 7.90. The summed E-state index contributed by atoms with van der Waals surface area (Å²) in [5, 5.41) is 10.8. The van der Waals surface area contributed by atoms with Gasteiger partial charge in [0.1, 0.15) is 0 Å². The van der Waals surface area contributed by atoms with Crippen molar-refractivity contribution in [3.63, 3.8) is 0 Å². The summed E-state index contributed by atoms with van der Waals surface area (Å²) in [7, 11) is 1.55. The lowest BCUT2D eigenvalue weighted by molar-refractivity contribution is -0.881. The Balaban J connectivity index is 1.84. The van der Waals surface area contributed by atoms with Crippen LogP contribution in [0.25, 0.3) is 0 Å². The Hall–Kier alpha value is -3.72. The minimum absolute atomic E-state index is 0.128. The molecule has 2 rings (SSSR count). The number of carbonyl (C=O) groups excluding carboxylic acids is 4. The zero-order valence-corrected chi connectivity index (χ0v) is 17.9. The smallest absolute Gasteiger partial charge is 0.279 e. The van der Waals surface area contributed by atoms with Gasteiger partial charge < -0.3 is 26.2 Å². The van der Waals surface area contributed by atoms with Gasteiger partial charge in [-0.1, -0.05) is 0 Å². The van der Waals surface area contributed by atoms with E-state index in [1.54, 1.807) is 55.6 Å². The highest BCUT2D eigenvalue weighted by Crippen LogP contribution is 2.13. The molecule has 1 unspecified atom stereocenters. The molecule has 0 aromatic heterocycles. The van der Waals surface area contributed by atoms with Crippen molar-refractivity contribution in [2.75, 3.05) is 42.6 Å². The second-order valence-electron chi connectivity index (χ2n) is 6.97. The third-order valence-corrected chi connectivity index (χ3v) is 4.47. The molecule has 0 heterocycles. The molecule has 9 heteroatoms. The van der Waals surface area contributed by atoms with E-state index in [2.05, 4.69) is 21.3 Å². The molecular formula is C22H28N5O4+. The van der Waals surface area contributed by atoms with Crippen molar-refractivity contribution in [1.29, 1.82) is 0 Å². The highest BCUT2D eigenvalue weighted by atomic mass is 16.2. The van der Waals surface area contributed by atoms with Gasteiger partial charge in [0, 0.05) is 36.6 Å². The Kier molecular flexibility index (Phi) is 8.71. The zero-order chi connectivity index (χ0) is 22.8. The third-order valence-electron chi connectivity index (χ3n) is 4.47. The molecule has 1 atom stereocenters. The first kappa shape index (κ1) is 23.6. The quantitative estimate of drug-likeness (QED) is 0.401. The van der Waals surface area contributed by atoms with Gasteiger partial charge in [0.05, 0.1) is 6.54 Å². The van der Waals surface area contributed by atoms with Gasteiger partial charge >= 0.3 is 0 Å². The van der Waals surface area contributed by atoms with E-state index in [-0.39, 0.29) is 36.7 Å². The molecule has 0 saturated carbocycles. The monoisotopic (exact) mass is 426 g/mol. The van der Waals surface area contributed by atoms with Gasteiger partial charge in [-0.25, -0.2) is 0 Å². The van der Waals surface area contributed by atoms with Crippen molar-refractivity contribution in [3.05, 3.63) is 54.1 Å². The normalized spacial score (nSPS) is 11.2. The number of likely N-dealkylation sites (N-methyl/N-ethyl adjacent to an activating group) is 1. The predicted molar refractivity (Wildman–Crippen MR) is 119 cm³/mol. The van der Waals surface area contributed by atoms with E-state index in [0.29, 0.717) is 29.2 Å². The van der Waals surface area contributed by atoms with Crippen LogP contribution in [0.1, 0.15) is 24.2 Å². The first-order chi connectivity index (χ1) is 14.8. The maximum atomic E-state index is 12.3. The maximum Gasteiger partial charge on any atom is 0.279 e. The SMILES string of the molecule is CC[NH+](CC(=O)Nc1ccc(NC(C)=O)cc1)CC(=O)Nc1ccc(C(=O)NC)cc1. The summed E-state index contributed by atoms with van der Waals surface area (Å²) in [6.07, 6.45) is 0. The van der Waals surface area contributed by atoms with Gasteiger partial charge in [-0.15, -0.1) is 0 Å². The number of nitrogens with one attached hydrogen (secondary N) is 5. The number of carbonyl (C=O) groups is 4. The molecule has 0 saturated heterocycles. The molecule has 0 spiro atoms. The predicted octanol–water partition coefficient (Wildman–Crippen LogP) is 0.487. The van der Waals surface area contributed by atoms with E-state index < -0.39 is 0 Å². The molecule has 5 N–H and O–H groups in total. The first-order valence-electron chi connectivity index (χ1n) is 9.93. The van der Waals surface area contributed by atoms with E-state index in [0.717, 1.165) is 4.90 Å². The maximum absolute atomic E-state index is 12.3. The number of quaternary nitrogens is 1. The molecule has 4 amide bonds. The first-order valence-corrected chi connectivity index (χ1v) is 9.93. The topological polar surface area (TPSA) is 121 Å². The van der Waals surface area contributed by atoms with Crippen LogP contribution in [0.4, 0.5) is 17.1 Å². The van der Waals surface area contributed by atoms with Crippen molar-refractivity contribution in [2.45, 2.75) is 13.8 Å². The molecule has 164 valence electrons. The Morgan fingerprint density at radius 2 is 1.16 bits per heavy atom. The van der Waals surface area contributed by atoms with E-state index in [9.17, 15) is 19.2 Å². The summed E-state index contributed by atoms with van der Waals surface area (Å²) in [6, 6.07) is 13.4. The van der Waals surface area contributed by atoms with E-state index >= 15 is 0 Å². The summed E-state index contributed by atoms with van der Waals surface area (Å²) in [4.78, 5) is 48.1. The van der Waals surface area contributed by atoms with Crippen molar-refractivity contribution in [2.24, 2.45) is 0 Å². The fraction of sp³-hybridized carbons (Fsp3) is 0.273. The molecule has 0 aliphatic rings. The van der Waals surface area contributed by atoms with Gasteiger partial charge in [0.2, 0.25) is 5.91 Å². The molecule has 0 aliphatic carbocycles. The lowest BCUT2D eigenvalue weighted by Gasteiger charge is -2.17. The number of rotatable bonds is 9. The molecule has 0 radical (unpaired) electrons. The second kappa shape index (κ2) is 11.5. The van der Waals surface area contributed by atoms with Crippen LogP contribution in [-0.2, 0) is 14.4 Å². The summed E-state index contributed by atoms with van der Waals surface area (Å²) in [6.45, 7) is 4.18. The fourth-order valence-electron chi connectivity index (χ4n) is 2.87. The number of hydrogen-bond acceptors (Lipinski definition) is 4. The summed E-state index contributed by atoms with van der Waals surface area (Å²) >= 11 is 0. The average molecular weight is 426 g/mol.